The summed E-state index contributed by atoms with van der Waals surface area (Å²) in [7, 11) is 0. The van der Waals surface area contributed by atoms with Crippen LogP contribution in [0.25, 0.3) is 11.1 Å². The number of aryl methyl sites for hydroxylation is 1. The number of rotatable bonds is 13. The summed E-state index contributed by atoms with van der Waals surface area (Å²) in [6.45, 7) is 3.44. The molecule has 0 radical (unpaired) electrons. The number of benzene rings is 3. The van der Waals surface area contributed by atoms with Crippen LogP contribution in [-0.4, -0.2) is 52.6 Å². The molecule has 3 aromatic rings. The average molecular weight is 617 g/mol. The van der Waals surface area contributed by atoms with Crippen molar-refractivity contribution in [1.82, 2.24) is 10.2 Å². The maximum atomic E-state index is 14.0. The number of halogens is 2. The van der Waals surface area contributed by atoms with Gasteiger partial charge in [0.25, 0.3) is 5.91 Å². The Hall–Kier alpha value is -2.67. The Balaban J connectivity index is 0.00000529. The Morgan fingerprint density at radius 3 is 2.27 bits per heavy atom. The number of carbonyl (C=O) groups is 2. The summed E-state index contributed by atoms with van der Waals surface area (Å²) in [5, 5.41) is 24.4. The molecule has 4 rings (SSSR count). The minimum absolute atomic E-state index is 0. The van der Waals surface area contributed by atoms with Gasteiger partial charge in [0.2, 0.25) is 0 Å². The molecule has 1 aliphatic carbocycles. The zero-order valence-corrected chi connectivity index (χ0v) is 26.5. The van der Waals surface area contributed by atoms with Gasteiger partial charge in [-0.25, -0.2) is 8.78 Å². The third-order valence-electron chi connectivity index (χ3n) is 8.03. The predicted octanol–water partition coefficient (Wildman–Crippen LogP) is 2.10. The number of aliphatic hydroxyl groups excluding tert-OH is 1. The minimum atomic E-state index is -1.32. The van der Waals surface area contributed by atoms with Crippen LogP contribution in [0.5, 0.6) is 0 Å². The van der Waals surface area contributed by atoms with E-state index in [0.29, 0.717) is 48.0 Å². The van der Waals surface area contributed by atoms with Crippen LogP contribution in [0.15, 0.2) is 60.7 Å². The van der Waals surface area contributed by atoms with Crippen molar-refractivity contribution in [2.75, 3.05) is 18.6 Å². The van der Waals surface area contributed by atoms with E-state index in [0.717, 1.165) is 48.4 Å². The second kappa shape index (κ2) is 17.1. The molecule has 10 heteroatoms. The standard InChI is InChI=1S/C34H40F2N2O4S.Li/c1-22-5-3-4-6-29(22)31-17-24(9-12-30(31)33(40)37-32(34(41)42)13-14-43-2)20-38(19-23-7-10-28(39)11-8-23)21-25-15-26(35)18-27(36)16-25;/h3-6,9,12,15-18,23,28,32,39H,7-8,10-11,13-14,19-21H2,1-2H3,(H,37,40)(H,41,42);/q;+1/p-1. The largest absolute Gasteiger partial charge is 1.00 e. The molecule has 44 heavy (non-hydrogen) atoms. The van der Waals surface area contributed by atoms with Crippen LogP contribution in [0, 0.1) is 24.5 Å². The van der Waals surface area contributed by atoms with Gasteiger partial charge in [-0.15, -0.1) is 0 Å². The number of nitrogens with zero attached hydrogens (tertiary/aromatic N) is 1. The number of hydrogen-bond donors (Lipinski definition) is 2. The van der Waals surface area contributed by atoms with E-state index in [1.54, 1.807) is 6.07 Å². The Labute approximate surface area is 274 Å². The summed E-state index contributed by atoms with van der Waals surface area (Å²) >= 11 is 1.49. The van der Waals surface area contributed by atoms with E-state index < -0.39 is 29.6 Å². The Morgan fingerprint density at radius 2 is 1.64 bits per heavy atom. The molecule has 1 aliphatic rings. The van der Waals surface area contributed by atoms with Crippen LogP contribution < -0.4 is 29.3 Å². The van der Waals surface area contributed by atoms with Gasteiger partial charge in [-0.05, 0) is 109 Å². The summed E-state index contributed by atoms with van der Waals surface area (Å²) in [6, 6.07) is 15.6. The average Bonchev–Trinajstić information content (AvgIpc) is 2.96. The summed E-state index contributed by atoms with van der Waals surface area (Å²) in [4.78, 5) is 27.3. The number of aliphatic carboxylic acids is 1. The number of amides is 1. The van der Waals surface area contributed by atoms with E-state index in [4.69, 9.17) is 0 Å². The molecule has 2 N–H and O–H groups in total. The van der Waals surface area contributed by atoms with E-state index in [2.05, 4.69) is 10.2 Å². The molecular formula is C34H39F2LiN2O4S. The third kappa shape index (κ3) is 10.2. The SMILES string of the molecule is CSCCC(NC(=O)c1ccc(CN(Cc2cc(F)cc(F)c2)CC2CCC(O)CC2)cc1-c1ccccc1C)C(=O)[O-].[Li+]. The summed E-state index contributed by atoms with van der Waals surface area (Å²) in [6.07, 6.45) is 5.05. The topological polar surface area (TPSA) is 92.7 Å². The molecular weight excluding hydrogens is 577 g/mol. The fraction of sp³-hybridized carbons (Fsp3) is 0.412. The molecule has 0 saturated heterocycles. The van der Waals surface area contributed by atoms with Crippen molar-refractivity contribution in [1.29, 1.82) is 0 Å². The number of hydrogen-bond acceptors (Lipinski definition) is 6. The van der Waals surface area contributed by atoms with Crippen molar-refractivity contribution in [3.8, 4) is 11.1 Å². The molecule has 230 valence electrons. The first kappa shape index (κ1) is 35.8. The van der Waals surface area contributed by atoms with Gasteiger partial charge in [0.15, 0.2) is 0 Å². The first-order chi connectivity index (χ1) is 20.6. The second-order valence-electron chi connectivity index (χ2n) is 11.4. The van der Waals surface area contributed by atoms with Crippen LogP contribution in [0.3, 0.4) is 0 Å². The molecule has 1 saturated carbocycles. The molecule has 0 bridgehead atoms. The number of thioether (sulfide) groups is 1. The van der Waals surface area contributed by atoms with E-state index in [-0.39, 0.29) is 31.4 Å². The third-order valence-corrected chi connectivity index (χ3v) is 8.68. The van der Waals surface area contributed by atoms with Crippen molar-refractivity contribution in [2.45, 2.75) is 64.3 Å². The molecule has 1 unspecified atom stereocenters. The second-order valence-corrected chi connectivity index (χ2v) is 12.4. The predicted molar refractivity (Wildman–Crippen MR) is 164 cm³/mol. The molecule has 1 amide bonds. The summed E-state index contributed by atoms with van der Waals surface area (Å²) in [5.74, 6) is -2.16. The molecule has 0 spiro atoms. The van der Waals surface area contributed by atoms with E-state index in [1.807, 2.05) is 49.6 Å². The fourth-order valence-corrected chi connectivity index (χ4v) is 6.27. The quantitative estimate of drug-likeness (QED) is 0.286. The molecule has 0 aliphatic heterocycles. The minimum Gasteiger partial charge on any atom is -0.548 e. The van der Waals surface area contributed by atoms with Gasteiger partial charge < -0.3 is 20.3 Å². The molecule has 0 heterocycles. The van der Waals surface area contributed by atoms with Crippen molar-refractivity contribution in [2.24, 2.45) is 5.92 Å². The van der Waals surface area contributed by atoms with Gasteiger partial charge in [-0.2, -0.15) is 11.8 Å². The van der Waals surface area contributed by atoms with E-state index in [1.165, 1.54) is 23.9 Å². The number of aliphatic hydroxyl groups is 1. The monoisotopic (exact) mass is 616 g/mol. The number of carboxylic acid groups (broad SMARTS) is 1. The van der Waals surface area contributed by atoms with Crippen molar-refractivity contribution in [3.05, 3.63) is 94.6 Å². The van der Waals surface area contributed by atoms with Crippen molar-refractivity contribution < 1.29 is 47.4 Å². The maximum absolute atomic E-state index is 14.0. The maximum Gasteiger partial charge on any atom is 1.00 e. The van der Waals surface area contributed by atoms with Crippen LogP contribution in [0.2, 0.25) is 0 Å². The number of carboxylic acids is 1. The number of nitrogens with one attached hydrogen (secondary N) is 1. The van der Waals surface area contributed by atoms with Gasteiger partial charge in [-0.3, -0.25) is 9.69 Å². The van der Waals surface area contributed by atoms with Crippen molar-refractivity contribution in [3.63, 3.8) is 0 Å². The van der Waals surface area contributed by atoms with E-state index >= 15 is 0 Å². The zero-order chi connectivity index (χ0) is 30.9. The molecule has 0 aromatic heterocycles. The van der Waals surface area contributed by atoms with Gasteiger partial charge in [0.05, 0.1) is 18.1 Å². The normalized spacial score (nSPS) is 17.1. The van der Waals surface area contributed by atoms with Crippen LogP contribution in [0.4, 0.5) is 8.78 Å². The van der Waals surface area contributed by atoms with Crippen LogP contribution in [-0.2, 0) is 17.9 Å². The zero-order valence-electron chi connectivity index (χ0n) is 25.7. The Morgan fingerprint density at radius 1 is 0.977 bits per heavy atom. The summed E-state index contributed by atoms with van der Waals surface area (Å²) in [5.41, 5.74) is 4.27. The smallest absolute Gasteiger partial charge is 0.548 e. The van der Waals surface area contributed by atoms with Crippen molar-refractivity contribution >= 4 is 23.6 Å². The molecule has 3 aromatic carbocycles. The molecule has 1 fully saturated rings. The molecule has 6 nitrogen and oxygen atoms in total. The van der Waals surface area contributed by atoms with Gasteiger partial charge >= 0.3 is 18.9 Å². The van der Waals surface area contributed by atoms with Gasteiger partial charge in [0, 0.05) is 31.3 Å². The van der Waals surface area contributed by atoms with Crippen LogP contribution in [0.1, 0.15) is 59.2 Å². The summed E-state index contributed by atoms with van der Waals surface area (Å²) < 4.78 is 28.1. The van der Waals surface area contributed by atoms with Crippen LogP contribution >= 0.6 is 11.8 Å². The Bertz CT molecular complexity index is 1400. The fourth-order valence-electron chi connectivity index (χ4n) is 5.80. The Kier molecular flexibility index (Phi) is 13.9. The molecule has 1 atom stereocenters. The first-order valence-corrected chi connectivity index (χ1v) is 16.1. The first-order valence-electron chi connectivity index (χ1n) is 14.7. The van der Waals surface area contributed by atoms with Gasteiger partial charge in [0.1, 0.15) is 11.6 Å². The number of carbonyl (C=O) groups excluding carboxylic acids is 2. The van der Waals surface area contributed by atoms with Gasteiger partial charge in [-0.1, -0.05) is 30.3 Å². The van der Waals surface area contributed by atoms with E-state index in [9.17, 15) is 28.6 Å².